The van der Waals surface area contributed by atoms with Crippen molar-refractivity contribution in [2.24, 2.45) is 0 Å². The van der Waals surface area contributed by atoms with E-state index in [-0.39, 0.29) is 10.7 Å². The van der Waals surface area contributed by atoms with E-state index in [2.05, 4.69) is 5.32 Å². The first kappa shape index (κ1) is 19.1. The molecule has 0 heterocycles. The Hall–Kier alpha value is -2.21. The lowest BCUT2D eigenvalue weighted by Gasteiger charge is -2.18. The van der Waals surface area contributed by atoms with Crippen LogP contribution in [0.1, 0.15) is 23.6 Å². The SMILES string of the molecule is Cc1cccc(O[C@H](C)C(=O)Nc2cc(C(F)(F)F)ccc2Cl)c1C. The molecule has 1 atom stereocenters. The van der Waals surface area contributed by atoms with Gasteiger partial charge in [0.15, 0.2) is 6.10 Å². The molecule has 1 amide bonds. The predicted molar refractivity (Wildman–Crippen MR) is 91.1 cm³/mol. The minimum atomic E-state index is -4.52. The van der Waals surface area contributed by atoms with Crippen LogP contribution in [0.5, 0.6) is 5.75 Å². The molecule has 2 aromatic rings. The Morgan fingerprint density at radius 2 is 1.88 bits per heavy atom. The Labute approximate surface area is 148 Å². The number of amides is 1. The van der Waals surface area contributed by atoms with Crippen molar-refractivity contribution in [3.63, 3.8) is 0 Å². The zero-order chi connectivity index (χ0) is 18.8. The fourth-order valence-electron chi connectivity index (χ4n) is 2.13. The lowest BCUT2D eigenvalue weighted by Crippen LogP contribution is -2.30. The molecule has 0 fully saturated rings. The van der Waals surface area contributed by atoms with E-state index in [1.54, 1.807) is 12.1 Å². The summed E-state index contributed by atoms with van der Waals surface area (Å²) in [4.78, 5) is 12.3. The number of rotatable bonds is 4. The van der Waals surface area contributed by atoms with Gasteiger partial charge in [-0.2, -0.15) is 13.2 Å². The Bertz CT molecular complexity index is 790. The third kappa shape index (κ3) is 4.66. The summed E-state index contributed by atoms with van der Waals surface area (Å²) in [5.74, 6) is -0.0556. The van der Waals surface area contributed by atoms with Crippen molar-refractivity contribution in [3.8, 4) is 5.75 Å². The standard InChI is InChI=1S/C18H17ClF3NO2/c1-10-5-4-6-16(11(10)2)25-12(3)17(24)23-15-9-13(18(20,21)22)7-8-14(15)19/h4-9,12H,1-3H3,(H,23,24)/t12-/m1/s1. The summed E-state index contributed by atoms with van der Waals surface area (Å²) in [6.07, 6.45) is -5.43. The minimum absolute atomic E-state index is 0.0142. The van der Waals surface area contributed by atoms with Crippen LogP contribution in [0.3, 0.4) is 0 Å². The molecule has 0 radical (unpaired) electrons. The lowest BCUT2D eigenvalue weighted by atomic mass is 10.1. The van der Waals surface area contributed by atoms with Crippen LogP contribution in [0, 0.1) is 13.8 Å². The molecule has 0 aliphatic rings. The van der Waals surface area contributed by atoms with E-state index >= 15 is 0 Å². The number of carbonyl (C=O) groups excluding carboxylic acids is 1. The van der Waals surface area contributed by atoms with Crippen LogP contribution >= 0.6 is 11.6 Å². The maximum atomic E-state index is 12.8. The van der Waals surface area contributed by atoms with Gasteiger partial charge in [0.05, 0.1) is 16.3 Å². The Morgan fingerprint density at radius 3 is 2.52 bits per heavy atom. The first-order valence-electron chi connectivity index (χ1n) is 7.50. The third-order valence-electron chi connectivity index (χ3n) is 3.78. The number of alkyl halides is 3. The third-order valence-corrected chi connectivity index (χ3v) is 4.11. The van der Waals surface area contributed by atoms with E-state index in [1.807, 2.05) is 19.9 Å². The molecule has 1 N–H and O–H groups in total. The molecule has 2 rings (SSSR count). The maximum absolute atomic E-state index is 12.8. The van der Waals surface area contributed by atoms with E-state index in [1.165, 1.54) is 6.92 Å². The monoisotopic (exact) mass is 371 g/mol. The van der Waals surface area contributed by atoms with Gasteiger partial charge < -0.3 is 10.1 Å². The molecule has 0 saturated carbocycles. The van der Waals surface area contributed by atoms with Crippen molar-refractivity contribution in [1.29, 1.82) is 0 Å². The largest absolute Gasteiger partial charge is 0.481 e. The summed E-state index contributed by atoms with van der Waals surface area (Å²) in [6, 6.07) is 8.18. The molecule has 0 saturated heterocycles. The molecule has 0 unspecified atom stereocenters. The molecule has 0 spiro atoms. The van der Waals surface area contributed by atoms with Gasteiger partial charge >= 0.3 is 6.18 Å². The van der Waals surface area contributed by atoms with Crippen molar-refractivity contribution in [2.45, 2.75) is 33.1 Å². The number of carbonyl (C=O) groups is 1. The first-order chi connectivity index (χ1) is 11.6. The number of halogens is 4. The maximum Gasteiger partial charge on any atom is 0.416 e. The molecule has 0 aromatic heterocycles. The quantitative estimate of drug-likeness (QED) is 0.783. The van der Waals surface area contributed by atoms with Crippen molar-refractivity contribution < 1.29 is 22.7 Å². The predicted octanol–water partition coefficient (Wildman–Crippen LogP) is 5.38. The first-order valence-corrected chi connectivity index (χ1v) is 7.88. The topological polar surface area (TPSA) is 38.3 Å². The van der Waals surface area contributed by atoms with Crippen molar-refractivity contribution in [3.05, 3.63) is 58.1 Å². The van der Waals surface area contributed by atoms with Crippen LogP contribution in [0.2, 0.25) is 5.02 Å². The lowest BCUT2D eigenvalue weighted by molar-refractivity contribution is -0.137. The number of aryl methyl sites for hydroxylation is 1. The van der Waals surface area contributed by atoms with Gasteiger partial charge in [-0.15, -0.1) is 0 Å². The fraction of sp³-hybridized carbons (Fsp3) is 0.278. The second-order valence-corrected chi connectivity index (χ2v) is 6.05. The van der Waals surface area contributed by atoms with Crippen LogP contribution in [0.4, 0.5) is 18.9 Å². The molecule has 0 aliphatic heterocycles. The van der Waals surface area contributed by atoms with Crippen LogP contribution in [-0.4, -0.2) is 12.0 Å². The summed E-state index contributed by atoms with van der Waals surface area (Å²) in [6.45, 7) is 5.28. The molecule has 3 nitrogen and oxygen atoms in total. The summed E-state index contributed by atoms with van der Waals surface area (Å²) in [5.41, 5.74) is 0.887. The van der Waals surface area contributed by atoms with Crippen molar-refractivity contribution in [2.75, 3.05) is 5.32 Å². The zero-order valence-corrected chi connectivity index (χ0v) is 14.6. The highest BCUT2D eigenvalue weighted by Crippen LogP contribution is 2.34. The summed E-state index contributed by atoms with van der Waals surface area (Å²) in [7, 11) is 0. The van der Waals surface area contributed by atoms with Crippen LogP contribution in [0.15, 0.2) is 36.4 Å². The van der Waals surface area contributed by atoms with E-state index in [0.717, 1.165) is 29.3 Å². The number of nitrogens with one attached hydrogen (secondary N) is 1. The van der Waals surface area contributed by atoms with Gasteiger partial charge in [0.2, 0.25) is 0 Å². The van der Waals surface area contributed by atoms with E-state index < -0.39 is 23.8 Å². The number of anilines is 1. The fourth-order valence-corrected chi connectivity index (χ4v) is 2.29. The number of ether oxygens (including phenoxy) is 1. The Morgan fingerprint density at radius 1 is 1.20 bits per heavy atom. The molecule has 134 valence electrons. The van der Waals surface area contributed by atoms with Gasteiger partial charge in [-0.25, -0.2) is 0 Å². The zero-order valence-electron chi connectivity index (χ0n) is 13.9. The minimum Gasteiger partial charge on any atom is -0.481 e. The second kappa shape index (κ2) is 7.35. The average molecular weight is 372 g/mol. The molecule has 0 aliphatic carbocycles. The smallest absolute Gasteiger partial charge is 0.416 e. The van der Waals surface area contributed by atoms with Crippen molar-refractivity contribution in [1.82, 2.24) is 0 Å². The number of hydrogen-bond acceptors (Lipinski definition) is 2. The molecule has 25 heavy (non-hydrogen) atoms. The van der Waals surface area contributed by atoms with Gasteiger partial charge in [0.25, 0.3) is 5.91 Å². The highest BCUT2D eigenvalue weighted by molar-refractivity contribution is 6.33. The number of benzene rings is 2. The normalized spacial score (nSPS) is 12.6. The molecular formula is C18H17ClF3NO2. The summed E-state index contributed by atoms with van der Waals surface area (Å²) >= 11 is 5.88. The van der Waals surface area contributed by atoms with Gasteiger partial charge in [-0.05, 0) is 56.2 Å². The highest BCUT2D eigenvalue weighted by atomic mass is 35.5. The Balaban J connectivity index is 2.15. The van der Waals surface area contributed by atoms with Crippen LogP contribution < -0.4 is 10.1 Å². The van der Waals surface area contributed by atoms with E-state index in [4.69, 9.17) is 16.3 Å². The molecule has 0 bridgehead atoms. The Kier molecular flexibility index (Phi) is 5.62. The summed E-state index contributed by atoms with van der Waals surface area (Å²) < 4.78 is 44.0. The van der Waals surface area contributed by atoms with Crippen LogP contribution in [-0.2, 0) is 11.0 Å². The van der Waals surface area contributed by atoms with E-state index in [0.29, 0.717) is 5.75 Å². The van der Waals surface area contributed by atoms with Gasteiger partial charge in [-0.3, -0.25) is 4.79 Å². The van der Waals surface area contributed by atoms with Gasteiger partial charge in [-0.1, -0.05) is 23.7 Å². The molecule has 7 heteroatoms. The van der Waals surface area contributed by atoms with Crippen LogP contribution in [0.25, 0.3) is 0 Å². The highest BCUT2D eigenvalue weighted by Gasteiger charge is 2.31. The van der Waals surface area contributed by atoms with Gasteiger partial charge in [0.1, 0.15) is 5.75 Å². The average Bonchev–Trinajstić information content (AvgIpc) is 2.52. The van der Waals surface area contributed by atoms with E-state index in [9.17, 15) is 18.0 Å². The van der Waals surface area contributed by atoms with Crippen molar-refractivity contribution >= 4 is 23.2 Å². The van der Waals surface area contributed by atoms with Gasteiger partial charge in [0, 0.05) is 0 Å². The molecule has 2 aromatic carbocycles. The summed E-state index contributed by atoms with van der Waals surface area (Å²) in [5, 5.41) is 2.40. The number of hydrogen-bond donors (Lipinski definition) is 1. The molecular weight excluding hydrogens is 355 g/mol. The second-order valence-electron chi connectivity index (χ2n) is 5.64.